The van der Waals surface area contributed by atoms with Crippen LogP contribution in [0.3, 0.4) is 0 Å². The SMILES string of the molecule is CC(C)C[C@H](N)C(=O)N[C@@H]1[C@H](O)[C@@H](CO)OC(O[C@]2(CO)O[C@H](CO)[C@@H](O)[C@@H]2O)[C@@H]1O. The van der Waals surface area contributed by atoms with E-state index in [0.29, 0.717) is 6.42 Å². The van der Waals surface area contributed by atoms with Crippen molar-refractivity contribution in [2.75, 3.05) is 19.8 Å². The van der Waals surface area contributed by atoms with E-state index in [0.717, 1.165) is 0 Å². The average Bonchev–Trinajstić information content (AvgIpc) is 2.97. The molecule has 31 heavy (non-hydrogen) atoms. The molecule has 0 aliphatic carbocycles. The van der Waals surface area contributed by atoms with E-state index in [1.165, 1.54) is 0 Å². The lowest BCUT2D eigenvalue weighted by Crippen LogP contribution is -2.68. The molecule has 1 amide bonds. The molecule has 2 saturated heterocycles. The highest BCUT2D eigenvalue weighted by Gasteiger charge is 2.58. The minimum absolute atomic E-state index is 0.114. The smallest absolute Gasteiger partial charge is 0.237 e. The van der Waals surface area contributed by atoms with Crippen LogP contribution in [0.5, 0.6) is 0 Å². The summed E-state index contributed by atoms with van der Waals surface area (Å²) in [7, 11) is 0. The molecule has 2 heterocycles. The highest BCUT2D eigenvalue weighted by Crippen LogP contribution is 2.36. The van der Waals surface area contributed by atoms with E-state index in [2.05, 4.69) is 5.32 Å². The van der Waals surface area contributed by atoms with Crippen molar-refractivity contribution in [3.8, 4) is 0 Å². The van der Waals surface area contributed by atoms with Gasteiger partial charge in [0.15, 0.2) is 6.29 Å². The molecule has 2 aliphatic rings. The van der Waals surface area contributed by atoms with E-state index in [1.807, 2.05) is 13.8 Å². The largest absolute Gasteiger partial charge is 0.394 e. The summed E-state index contributed by atoms with van der Waals surface area (Å²) in [4.78, 5) is 12.4. The molecule has 0 bridgehead atoms. The van der Waals surface area contributed by atoms with Crippen molar-refractivity contribution in [2.24, 2.45) is 11.7 Å². The van der Waals surface area contributed by atoms with Gasteiger partial charge in [0.2, 0.25) is 11.7 Å². The molecule has 13 nitrogen and oxygen atoms in total. The van der Waals surface area contributed by atoms with Crippen LogP contribution in [-0.4, -0.2) is 122 Å². The summed E-state index contributed by atoms with van der Waals surface area (Å²) >= 11 is 0. The summed E-state index contributed by atoms with van der Waals surface area (Å²) in [6.07, 6.45) is -10.7. The Kier molecular flexibility index (Phi) is 9.13. The van der Waals surface area contributed by atoms with Crippen LogP contribution in [0.25, 0.3) is 0 Å². The van der Waals surface area contributed by atoms with Gasteiger partial charge in [-0.3, -0.25) is 4.79 Å². The molecule has 0 saturated carbocycles. The fourth-order valence-electron chi connectivity index (χ4n) is 3.71. The molecule has 10 N–H and O–H groups in total. The minimum atomic E-state index is -2.27. The number of aliphatic hydroxyl groups excluding tert-OH is 7. The Morgan fingerprint density at radius 2 is 1.68 bits per heavy atom. The van der Waals surface area contributed by atoms with Crippen molar-refractivity contribution in [2.45, 2.75) is 81.1 Å². The van der Waals surface area contributed by atoms with Gasteiger partial charge in [-0.15, -0.1) is 0 Å². The number of carbonyl (C=O) groups excluding carboxylic acids is 1. The maximum atomic E-state index is 12.4. The van der Waals surface area contributed by atoms with Crippen LogP contribution in [0.2, 0.25) is 0 Å². The third kappa shape index (κ3) is 5.51. The first-order valence-corrected chi connectivity index (χ1v) is 10.1. The quantitative estimate of drug-likeness (QED) is 0.160. The second-order valence-corrected chi connectivity index (χ2v) is 8.34. The third-order valence-corrected chi connectivity index (χ3v) is 5.48. The second kappa shape index (κ2) is 10.8. The van der Waals surface area contributed by atoms with Crippen LogP contribution in [0.4, 0.5) is 0 Å². The molecule has 0 radical (unpaired) electrons. The summed E-state index contributed by atoms with van der Waals surface area (Å²) < 4.78 is 16.1. The number of rotatable bonds is 9. The standard InChI is InChI=1S/C18H34N2O11/c1-7(2)3-8(19)16(28)20-11-12(24)9(4-21)29-17(14(11)26)31-18(6-23)15(27)13(25)10(5-22)30-18/h7-15,17,21-27H,3-6,19H2,1-2H3,(H,20,28)/t8-,9+,10+,11+,12+,13+,14+,15-,17?,18-/m0/s1. The van der Waals surface area contributed by atoms with E-state index in [-0.39, 0.29) is 5.92 Å². The summed E-state index contributed by atoms with van der Waals surface area (Å²) in [6, 6.07) is -2.30. The van der Waals surface area contributed by atoms with Gasteiger partial charge in [0, 0.05) is 0 Å². The Bertz CT molecular complexity index is 597. The summed E-state index contributed by atoms with van der Waals surface area (Å²) in [5.74, 6) is -2.81. The molecule has 1 unspecified atom stereocenters. The highest BCUT2D eigenvalue weighted by atomic mass is 16.8. The Hall–Kier alpha value is -0.970. The highest BCUT2D eigenvalue weighted by molar-refractivity contribution is 5.81. The van der Waals surface area contributed by atoms with Crippen molar-refractivity contribution >= 4 is 5.91 Å². The summed E-state index contributed by atoms with van der Waals surface area (Å²) in [5.41, 5.74) is 5.84. The number of hydrogen-bond acceptors (Lipinski definition) is 12. The van der Waals surface area contributed by atoms with E-state index < -0.39 is 86.5 Å². The van der Waals surface area contributed by atoms with E-state index in [9.17, 15) is 40.5 Å². The van der Waals surface area contributed by atoms with Crippen molar-refractivity contribution in [1.82, 2.24) is 5.32 Å². The zero-order valence-corrected chi connectivity index (χ0v) is 17.4. The lowest BCUT2D eigenvalue weighted by Gasteiger charge is -2.45. The van der Waals surface area contributed by atoms with Crippen LogP contribution < -0.4 is 11.1 Å². The fraction of sp³-hybridized carbons (Fsp3) is 0.944. The molecule has 0 aromatic rings. The maximum absolute atomic E-state index is 12.4. The predicted octanol–water partition coefficient (Wildman–Crippen LogP) is -4.90. The first-order chi connectivity index (χ1) is 14.5. The van der Waals surface area contributed by atoms with Crippen molar-refractivity contribution in [3.63, 3.8) is 0 Å². The zero-order chi connectivity index (χ0) is 23.5. The Morgan fingerprint density at radius 3 is 2.16 bits per heavy atom. The topological polar surface area (TPSA) is 224 Å². The minimum Gasteiger partial charge on any atom is -0.394 e. The molecule has 10 atom stereocenters. The Labute approximate surface area is 179 Å². The normalized spacial score (nSPS) is 42.0. The number of aliphatic hydroxyl groups is 7. The number of nitrogens with two attached hydrogens (primary N) is 1. The van der Waals surface area contributed by atoms with Gasteiger partial charge in [0.05, 0.1) is 25.3 Å². The van der Waals surface area contributed by atoms with Crippen LogP contribution in [0, 0.1) is 5.92 Å². The van der Waals surface area contributed by atoms with Crippen LogP contribution in [-0.2, 0) is 19.0 Å². The monoisotopic (exact) mass is 454 g/mol. The number of ether oxygens (including phenoxy) is 3. The number of carbonyl (C=O) groups is 1. The van der Waals surface area contributed by atoms with Crippen molar-refractivity contribution in [1.29, 1.82) is 0 Å². The van der Waals surface area contributed by atoms with E-state index in [1.54, 1.807) is 0 Å². The molecule has 2 aliphatic heterocycles. The van der Waals surface area contributed by atoms with Gasteiger partial charge < -0.3 is 61.0 Å². The zero-order valence-electron chi connectivity index (χ0n) is 17.4. The summed E-state index contributed by atoms with van der Waals surface area (Å²) in [6.45, 7) is 1.34. The van der Waals surface area contributed by atoms with Gasteiger partial charge >= 0.3 is 0 Å². The molecule has 2 fully saturated rings. The lowest BCUT2D eigenvalue weighted by molar-refractivity contribution is -0.375. The molecule has 182 valence electrons. The second-order valence-electron chi connectivity index (χ2n) is 8.34. The van der Waals surface area contributed by atoms with Gasteiger partial charge in [-0.1, -0.05) is 13.8 Å². The van der Waals surface area contributed by atoms with Crippen LogP contribution >= 0.6 is 0 Å². The van der Waals surface area contributed by atoms with Gasteiger partial charge in [0.1, 0.15) is 43.2 Å². The van der Waals surface area contributed by atoms with Gasteiger partial charge in [0.25, 0.3) is 0 Å². The van der Waals surface area contributed by atoms with Gasteiger partial charge in [-0.05, 0) is 12.3 Å². The molecular formula is C18H34N2O11. The van der Waals surface area contributed by atoms with Crippen molar-refractivity contribution < 1.29 is 54.8 Å². The fourth-order valence-corrected chi connectivity index (χ4v) is 3.71. The molecule has 0 aromatic carbocycles. The first-order valence-electron chi connectivity index (χ1n) is 10.1. The number of nitrogens with one attached hydrogen (secondary N) is 1. The van der Waals surface area contributed by atoms with Gasteiger partial charge in [-0.25, -0.2) is 0 Å². The molecule has 0 spiro atoms. The van der Waals surface area contributed by atoms with Crippen LogP contribution in [0.1, 0.15) is 20.3 Å². The number of hydrogen-bond donors (Lipinski definition) is 9. The number of amides is 1. The van der Waals surface area contributed by atoms with Gasteiger partial charge in [-0.2, -0.15) is 0 Å². The third-order valence-electron chi connectivity index (χ3n) is 5.48. The Morgan fingerprint density at radius 1 is 1.06 bits per heavy atom. The van der Waals surface area contributed by atoms with E-state index in [4.69, 9.17) is 19.9 Å². The molecule has 13 heteroatoms. The summed E-state index contributed by atoms with van der Waals surface area (Å²) in [5, 5.41) is 72.4. The predicted molar refractivity (Wildman–Crippen MR) is 102 cm³/mol. The molecule has 0 aromatic heterocycles. The van der Waals surface area contributed by atoms with Crippen LogP contribution in [0.15, 0.2) is 0 Å². The molecular weight excluding hydrogens is 420 g/mol. The Balaban J connectivity index is 2.21. The molecule has 2 rings (SSSR count). The van der Waals surface area contributed by atoms with Crippen molar-refractivity contribution in [3.05, 3.63) is 0 Å². The maximum Gasteiger partial charge on any atom is 0.237 e. The lowest BCUT2D eigenvalue weighted by atomic mass is 9.95. The first kappa shape index (κ1) is 26.3. The van der Waals surface area contributed by atoms with E-state index >= 15 is 0 Å². The average molecular weight is 454 g/mol.